The maximum absolute atomic E-state index is 14.5. The number of carbonyl (C=O) groups excluding carboxylic acids is 7. The molecule has 1 saturated carbocycles. The van der Waals surface area contributed by atoms with Gasteiger partial charge >= 0.3 is 0 Å². The van der Waals surface area contributed by atoms with Crippen LogP contribution in [0.3, 0.4) is 0 Å². The van der Waals surface area contributed by atoms with Crippen molar-refractivity contribution < 1.29 is 33.6 Å². The van der Waals surface area contributed by atoms with E-state index < -0.39 is 16.7 Å². The van der Waals surface area contributed by atoms with Crippen molar-refractivity contribution in [1.82, 2.24) is 0 Å². The predicted molar refractivity (Wildman–Crippen MR) is 357 cm³/mol. The first kappa shape index (κ1) is 67.3. The van der Waals surface area contributed by atoms with Gasteiger partial charge in [0.1, 0.15) is 34.7 Å². The maximum Gasteiger partial charge on any atom is 0.159 e. The highest BCUT2D eigenvalue weighted by Gasteiger charge is 2.44. The average Bonchev–Trinajstić information content (AvgIpc) is 1.48. The number of allylic oxidation sites excluding steroid dienone is 5. The number of rotatable bonds is 32. The number of carbonyl (C=O) groups is 7. The molecular formula is C81H100O7. The van der Waals surface area contributed by atoms with Crippen LogP contribution in [0.15, 0.2) is 113 Å². The zero-order valence-electron chi connectivity index (χ0n) is 55.1. The lowest BCUT2D eigenvalue weighted by atomic mass is 9.65. The number of Topliss-reactive ketones (excluding diaryl/α,β-unsaturated/α-hetero) is 7. The Morgan fingerprint density at radius 2 is 1.42 bits per heavy atom. The molecule has 0 heterocycles. The lowest BCUT2D eigenvalue weighted by molar-refractivity contribution is -0.141. The molecular weight excluding hydrogens is 1080 g/mol. The molecule has 5 atom stereocenters. The van der Waals surface area contributed by atoms with Crippen LogP contribution in [0, 0.1) is 52.8 Å². The molecule has 4 aliphatic carbocycles. The standard InChI is InChI=1S/C81H100O7/c1-54(2)81(10,52-69(84)28-12-11-13-29-73-75(85)44-55(3)78(73)88)77(87)53-80(9,43-19-18-22-56(4)82)76(86)48-61-36-38-62(39-37-61)51-79(7,8)42-21-24-60-34-32-59(33-35-60)23-14-15-27-67-49-68(50-74(67)58(6)83)71-31-20-30-70-57(5)64(40-41-72(70)71)45-63-46-65-25-16-17-26-66(65)47-63/h16-17,25-26,32-41,46,50,54-55,71,73H,11-15,18-20,22-23,27-31,42-45,47-49,51-53H2,1-10H3/t55?,71?,73?,80-,81+/m1/s1. The minimum atomic E-state index is -0.963. The van der Waals surface area contributed by atoms with Crippen molar-refractivity contribution in [2.45, 2.75) is 236 Å². The summed E-state index contributed by atoms with van der Waals surface area (Å²) in [5.41, 5.74) is 16.3. The summed E-state index contributed by atoms with van der Waals surface area (Å²) in [6, 6.07) is 30.5. The summed E-state index contributed by atoms with van der Waals surface area (Å²) >= 11 is 0. The molecule has 88 heavy (non-hydrogen) atoms. The minimum Gasteiger partial charge on any atom is -0.300 e. The van der Waals surface area contributed by atoms with Gasteiger partial charge in [-0.25, -0.2) is 0 Å². The number of hydrogen-bond donors (Lipinski definition) is 0. The Kier molecular flexibility index (Phi) is 23.1. The highest BCUT2D eigenvalue weighted by atomic mass is 16.2. The normalized spacial score (nSPS) is 18.7. The molecule has 8 rings (SSSR count). The summed E-state index contributed by atoms with van der Waals surface area (Å²) in [4.78, 5) is 92.0. The molecule has 7 nitrogen and oxygen atoms in total. The molecule has 4 aromatic rings. The van der Waals surface area contributed by atoms with E-state index in [0.29, 0.717) is 63.7 Å². The van der Waals surface area contributed by atoms with E-state index in [1.165, 1.54) is 62.1 Å². The van der Waals surface area contributed by atoms with Gasteiger partial charge in [0.15, 0.2) is 5.78 Å². The molecule has 466 valence electrons. The molecule has 0 spiro atoms. The summed E-state index contributed by atoms with van der Waals surface area (Å²) in [5.74, 6) is 6.73. The highest BCUT2D eigenvalue weighted by molar-refractivity contribution is 6.09. The Labute approximate surface area is 527 Å². The van der Waals surface area contributed by atoms with Gasteiger partial charge in [0.2, 0.25) is 0 Å². The maximum atomic E-state index is 14.5. The van der Waals surface area contributed by atoms with E-state index >= 15 is 0 Å². The van der Waals surface area contributed by atoms with Crippen molar-refractivity contribution in [1.29, 1.82) is 0 Å². The largest absolute Gasteiger partial charge is 0.300 e. The van der Waals surface area contributed by atoms with Crippen LogP contribution in [-0.4, -0.2) is 40.5 Å². The van der Waals surface area contributed by atoms with Crippen LogP contribution in [0.25, 0.3) is 6.08 Å². The summed E-state index contributed by atoms with van der Waals surface area (Å²) in [5, 5.41) is 0. The van der Waals surface area contributed by atoms with Crippen molar-refractivity contribution in [2.75, 3.05) is 0 Å². The van der Waals surface area contributed by atoms with Gasteiger partial charge < -0.3 is 4.79 Å². The molecule has 3 unspecified atom stereocenters. The molecule has 0 amide bonds. The van der Waals surface area contributed by atoms with E-state index in [-0.39, 0.29) is 77.0 Å². The van der Waals surface area contributed by atoms with Crippen LogP contribution in [-0.2, 0) is 72.1 Å². The van der Waals surface area contributed by atoms with Gasteiger partial charge in [0.25, 0.3) is 0 Å². The molecule has 4 aliphatic rings. The smallest absolute Gasteiger partial charge is 0.159 e. The van der Waals surface area contributed by atoms with E-state index in [9.17, 15) is 33.6 Å². The Morgan fingerprint density at radius 1 is 0.716 bits per heavy atom. The van der Waals surface area contributed by atoms with Crippen LogP contribution in [0.1, 0.15) is 246 Å². The Hall–Kier alpha value is -6.65. The third-order valence-electron chi connectivity index (χ3n) is 20.6. The number of hydrogen-bond acceptors (Lipinski definition) is 7. The number of fused-ring (bicyclic) bond motifs is 2. The molecule has 0 aliphatic heterocycles. The average molecular weight is 1190 g/mol. The van der Waals surface area contributed by atoms with Gasteiger partial charge in [-0.15, -0.1) is 0 Å². The van der Waals surface area contributed by atoms with Gasteiger partial charge in [-0.1, -0.05) is 181 Å². The van der Waals surface area contributed by atoms with Crippen molar-refractivity contribution >= 4 is 46.6 Å². The van der Waals surface area contributed by atoms with Crippen molar-refractivity contribution in [2.24, 2.45) is 34.0 Å². The van der Waals surface area contributed by atoms with Crippen LogP contribution in [0.5, 0.6) is 0 Å². The van der Waals surface area contributed by atoms with Crippen LogP contribution in [0.2, 0.25) is 0 Å². The first-order valence-electron chi connectivity index (χ1n) is 33.5. The topological polar surface area (TPSA) is 119 Å². The Morgan fingerprint density at radius 3 is 2.11 bits per heavy atom. The summed E-state index contributed by atoms with van der Waals surface area (Å²) in [6.07, 6.45) is 22.5. The lowest BCUT2D eigenvalue weighted by Gasteiger charge is -2.36. The second-order valence-electron chi connectivity index (χ2n) is 28.8. The molecule has 4 aromatic carbocycles. The van der Waals surface area contributed by atoms with Crippen molar-refractivity contribution in [3.8, 4) is 11.8 Å². The van der Waals surface area contributed by atoms with Crippen molar-refractivity contribution in [3.63, 3.8) is 0 Å². The van der Waals surface area contributed by atoms with Crippen LogP contribution < -0.4 is 0 Å². The van der Waals surface area contributed by atoms with Crippen LogP contribution >= 0.6 is 0 Å². The van der Waals surface area contributed by atoms with E-state index in [1.807, 2.05) is 46.8 Å². The van der Waals surface area contributed by atoms with Gasteiger partial charge in [-0.3, -0.25) is 28.8 Å². The van der Waals surface area contributed by atoms with E-state index in [0.717, 1.165) is 99.3 Å². The van der Waals surface area contributed by atoms with E-state index in [2.05, 4.69) is 118 Å². The number of benzene rings is 4. The summed E-state index contributed by atoms with van der Waals surface area (Å²) < 4.78 is 0. The van der Waals surface area contributed by atoms with E-state index in [1.54, 1.807) is 13.8 Å². The molecule has 0 saturated heterocycles. The second-order valence-corrected chi connectivity index (χ2v) is 28.8. The fraction of sp³-hybridized carbons (Fsp3) is 0.519. The van der Waals surface area contributed by atoms with Crippen molar-refractivity contribution in [3.05, 3.63) is 169 Å². The lowest BCUT2D eigenvalue weighted by Crippen LogP contribution is -2.41. The quantitative estimate of drug-likeness (QED) is 0.0271. The van der Waals surface area contributed by atoms with Gasteiger partial charge in [-0.2, -0.15) is 0 Å². The fourth-order valence-electron chi connectivity index (χ4n) is 14.6. The second kappa shape index (κ2) is 30.2. The third-order valence-corrected chi connectivity index (χ3v) is 20.6. The molecule has 0 aromatic heterocycles. The zero-order chi connectivity index (χ0) is 63.3. The van der Waals surface area contributed by atoms with E-state index in [4.69, 9.17) is 0 Å². The molecule has 0 radical (unpaired) electrons. The minimum absolute atomic E-state index is 0.00956. The fourth-order valence-corrected chi connectivity index (χ4v) is 14.6. The van der Waals surface area contributed by atoms with Gasteiger partial charge in [-0.05, 0) is 191 Å². The summed E-state index contributed by atoms with van der Waals surface area (Å²) in [6.45, 7) is 19.6. The molecule has 1 fully saturated rings. The monoisotopic (exact) mass is 1180 g/mol. The Bertz CT molecular complexity index is 3400. The molecule has 0 N–H and O–H groups in total. The van der Waals surface area contributed by atoms with Gasteiger partial charge in [0, 0.05) is 78.7 Å². The number of unbranched alkanes of at least 4 members (excludes halogenated alkanes) is 4. The summed E-state index contributed by atoms with van der Waals surface area (Å²) in [7, 11) is 0. The SMILES string of the molecule is CC(=O)CCCC[C@](C)(CC(=O)[C@@](C)(CC(=O)CCCCCC1C(=O)CC(C)C1=O)C(C)C)C(=O)Cc1ccc(CC(C)(C)CC#Cc2ccc(CCCCC3=C(C(C)=O)C=C(C4CCCc5c4ccc(CC4=Cc6ccccc6C4)c5C)C3)cc2)cc1. The first-order valence-corrected chi connectivity index (χ1v) is 33.5. The Balaban J connectivity index is 0.780. The third kappa shape index (κ3) is 17.6. The zero-order valence-corrected chi connectivity index (χ0v) is 55.1. The van der Waals surface area contributed by atoms with Crippen LogP contribution in [0.4, 0.5) is 0 Å². The first-order chi connectivity index (χ1) is 41.9. The van der Waals surface area contributed by atoms with Gasteiger partial charge in [0.05, 0.1) is 5.92 Å². The number of aryl methyl sites for hydroxylation is 1. The molecule has 7 heteroatoms. The number of ketones is 7. The highest BCUT2D eigenvalue weighted by Crippen LogP contribution is 2.46. The predicted octanol–water partition coefficient (Wildman–Crippen LogP) is 17.8. The molecule has 0 bridgehead atoms.